The number of methoxy groups -OCH3 is 1. The lowest BCUT2D eigenvalue weighted by Crippen LogP contribution is -2.14. The molecule has 0 atom stereocenters. The molecule has 0 amide bonds. The number of ether oxygens (including phenoxy) is 1. The summed E-state index contributed by atoms with van der Waals surface area (Å²) in [6.07, 6.45) is 1.57. The molecule has 0 bridgehead atoms. The topological polar surface area (TPSA) is 74.3 Å². The van der Waals surface area contributed by atoms with Gasteiger partial charge < -0.3 is 9.30 Å². The van der Waals surface area contributed by atoms with E-state index in [0.29, 0.717) is 11.3 Å². The van der Waals surface area contributed by atoms with Crippen LogP contribution in [0.3, 0.4) is 0 Å². The van der Waals surface area contributed by atoms with E-state index in [0.717, 1.165) is 12.1 Å². The maximum atomic E-state index is 14.0. The van der Waals surface area contributed by atoms with Crippen LogP contribution in [0, 0.1) is 11.6 Å². The van der Waals surface area contributed by atoms with Crippen molar-refractivity contribution in [2.75, 3.05) is 7.11 Å². The van der Waals surface area contributed by atoms with Gasteiger partial charge in [-0.25, -0.2) is 22.3 Å². The Balaban J connectivity index is 2.22. The van der Waals surface area contributed by atoms with E-state index < -0.39 is 27.4 Å². The molecule has 1 heterocycles. The predicted octanol–water partition coefficient (Wildman–Crippen LogP) is 3.08. The number of hydrogen-bond acceptors (Lipinski definition) is 3. The van der Waals surface area contributed by atoms with Gasteiger partial charge in [0.1, 0.15) is 0 Å². The highest BCUT2D eigenvalue weighted by Gasteiger charge is 2.19. The normalized spacial score (nSPS) is 11.5. The molecule has 3 aromatic rings. The molecule has 0 spiro atoms. The molecular weight excluding hydrogens is 350 g/mol. The number of sulfonamides is 1. The van der Waals surface area contributed by atoms with E-state index in [1.807, 2.05) is 0 Å². The largest absolute Gasteiger partial charge is 0.491 e. The minimum atomic E-state index is -3.97. The highest BCUT2D eigenvalue weighted by atomic mass is 32.2. The molecule has 0 fully saturated rings. The first-order chi connectivity index (χ1) is 11.8. The number of rotatable bonds is 4. The third kappa shape index (κ3) is 3.13. The van der Waals surface area contributed by atoms with Crippen molar-refractivity contribution in [1.82, 2.24) is 4.57 Å². The van der Waals surface area contributed by atoms with Gasteiger partial charge in [0.2, 0.25) is 10.0 Å². The molecule has 130 valence electrons. The van der Waals surface area contributed by atoms with Crippen LogP contribution in [0.25, 0.3) is 16.9 Å². The van der Waals surface area contributed by atoms with Crippen LogP contribution >= 0.6 is 0 Å². The molecule has 1 aromatic heterocycles. The Hall–Kier alpha value is -2.71. The zero-order valence-corrected chi connectivity index (χ0v) is 13.9. The second kappa shape index (κ2) is 6.30. The molecule has 0 aliphatic carbocycles. The van der Waals surface area contributed by atoms with E-state index in [1.165, 1.54) is 17.7 Å². The van der Waals surface area contributed by atoms with Crippen molar-refractivity contribution in [3.05, 3.63) is 66.4 Å². The Morgan fingerprint density at radius 1 is 1.04 bits per heavy atom. The lowest BCUT2D eigenvalue weighted by atomic mass is 10.1. The molecule has 25 heavy (non-hydrogen) atoms. The summed E-state index contributed by atoms with van der Waals surface area (Å²) < 4.78 is 57.8. The average Bonchev–Trinajstić information content (AvgIpc) is 3.03. The van der Waals surface area contributed by atoms with E-state index in [4.69, 9.17) is 5.14 Å². The minimum Gasteiger partial charge on any atom is -0.491 e. The summed E-state index contributed by atoms with van der Waals surface area (Å²) in [4.78, 5) is -0.0793. The van der Waals surface area contributed by atoms with Gasteiger partial charge in [-0.05, 0) is 18.2 Å². The second-order valence-electron chi connectivity index (χ2n) is 5.25. The molecule has 0 saturated carbocycles. The third-order valence-electron chi connectivity index (χ3n) is 3.68. The van der Waals surface area contributed by atoms with Crippen LogP contribution in [0.5, 0.6) is 5.75 Å². The van der Waals surface area contributed by atoms with Crippen LogP contribution in [-0.4, -0.2) is 20.1 Å². The highest BCUT2D eigenvalue weighted by Crippen LogP contribution is 2.31. The van der Waals surface area contributed by atoms with E-state index in [-0.39, 0.29) is 10.6 Å². The Bertz CT molecular complexity index is 1020. The fourth-order valence-corrected chi connectivity index (χ4v) is 3.38. The summed E-state index contributed by atoms with van der Waals surface area (Å²) in [5.74, 6) is -2.21. The summed E-state index contributed by atoms with van der Waals surface area (Å²) in [6, 6.07) is 11.6. The van der Waals surface area contributed by atoms with Crippen molar-refractivity contribution >= 4 is 10.0 Å². The third-order valence-corrected chi connectivity index (χ3v) is 4.65. The van der Waals surface area contributed by atoms with Crippen molar-refractivity contribution in [2.24, 2.45) is 5.14 Å². The van der Waals surface area contributed by atoms with Crippen LogP contribution in [0.2, 0.25) is 0 Å². The molecule has 8 heteroatoms. The van der Waals surface area contributed by atoms with Crippen LogP contribution in [0.15, 0.2) is 59.6 Å². The molecule has 0 saturated heterocycles. The van der Waals surface area contributed by atoms with Gasteiger partial charge in [0.15, 0.2) is 17.4 Å². The van der Waals surface area contributed by atoms with Gasteiger partial charge in [0.05, 0.1) is 23.4 Å². The Labute approximate surface area is 143 Å². The van der Waals surface area contributed by atoms with Crippen molar-refractivity contribution in [1.29, 1.82) is 0 Å². The maximum absolute atomic E-state index is 14.0. The molecule has 5 nitrogen and oxygen atoms in total. The Morgan fingerprint density at radius 3 is 2.28 bits per heavy atom. The lowest BCUT2D eigenvalue weighted by molar-refractivity contribution is 0.359. The first-order valence-corrected chi connectivity index (χ1v) is 8.70. The van der Waals surface area contributed by atoms with Crippen molar-refractivity contribution in [3.8, 4) is 22.7 Å². The van der Waals surface area contributed by atoms with Crippen LogP contribution < -0.4 is 9.88 Å². The summed E-state index contributed by atoms with van der Waals surface area (Å²) >= 11 is 0. The number of nitrogens with two attached hydrogens (primary N) is 1. The number of hydrogen-bond donors (Lipinski definition) is 1. The zero-order valence-electron chi connectivity index (χ0n) is 13.1. The van der Waals surface area contributed by atoms with Gasteiger partial charge in [-0.1, -0.05) is 18.2 Å². The van der Waals surface area contributed by atoms with Crippen LogP contribution in [0.4, 0.5) is 8.78 Å². The Morgan fingerprint density at radius 2 is 1.68 bits per heavy atom. The molecule has 0 aliphatic rings. The standard InChI is InChI=1S/C17H14F2N2O3S/c1-24-17-13(18)9-11(10-14(17)19)21-8-4-6-15(21)12-5-2-3-7-16(12)25(20,22)23/h2-10H,1H3,(H2,20,22,23). The van der Waals surface area contributed by atoms with E-state index >= 15 is 0 Å². The predicted molar refractivity (Wildman–Crippen MR) is 89.0 cm³/mol. The first-order valence-electron chi connectivity index (χ1n) is 7.16. The lowest BCUT2D eigenvalue weighted by Gasteiger charge is -2.13. The highest BCUT2D eigenvalue weighted by molar-refractivity contribution is 7.89. The number of halogens is 2. The van der Waals surface area contributed by atoms with Crippen LogP contribution in [0.1, 0.15) is 0 Å². The monoisotopic (exact) mass is 364 g/mol. The quantitative estimate of drug-likeness (QED) is 0.773. The summed E-state index contributed by atoms with van der Waals surface area (Å²) in [6.45, 7) is 0. The average molecular weight is 364 g/mol. The van der Waals surface area contributed by atoms with Crippen molar-refractivity contribution in [2.45, 2.75) is 4.90 Å². The van der Waals surface area contributed by atoms with Gasteiger partial charge in [-0.3, -0.25) is 0 Å². The van der Waals surface area contributed by atoms with Gasteiger partial charge in [-0.2, -0.15) is 0 Å². The SMILES string of the molecule is COc1c(F)cc(-n2cccc2-c2ccccc2S(N)(=O)=O)cc1F. The summed E-state index contributed by atoms with van der Waals surface area (Å²) in [5, 5.41) is 5.26. The number of benzene rings is 2. The fourth-order valence-electron chi connectivity index (χ4n) is 2.63. The van der Waals surface area contributed by atoms with Gasteiger partial charge in [0.25, 0.3) is 0 Å². The summed E-state index contributed by atoms with van der Waals surface area (Å²) in [5.41, 5.74) is 0.931. The second-order valence-corrected chi connectivity index (χ2v) is 6.78. The fraction of sp³-hybridized carbons (Fsp3) is 0.0588. The molecule has 0 aliphatic heterocycles. The van der Waals surface area contributed by atoms with E-state index in [2.05, 4.69) is 4.74 Å². The van der Waals surface area contributed by atoms with Crippen molar-refractivity contribution < 1.29 is 21.9 Å². The molecule has 2 N–H and O–H groups in total. The number of primary sulfonamides is 1. The van der Waals surface area contributed by atoms with Gasteiger partial charge >= 0.3 is 0 Å². The van der Waals surface area contributed by atoms with Gasteiger partial charge in [0, 0.05) is 23.9 Å². The number of aromatic nitrogens is 1. The smallest absolute Gasteiger partial charge is 0.238 e. The molecule has 0 unspecified atom stereocenters. The molecule has 2 aromatic carbocycles. The van der Waals surface area contributed by atoms with Crippen molar-refractivity contribution in [3.63, 3.8) is 0 Å². The Kier molecular flexibility index (Phi) is 4.32. The first kappa shape index (κ1) is 17.1. The van der Waals surface area contributed by atoms with E-state index in [1.54, 1.807) is 36.5 Å². The minimum absolute atomic E-state index is 0.0793. The molecular formula is C17H14F2N2O3S. The number of nitrogens with zero attached hydrogens (tertiary/aromatic N) is 1. The van der Waals surface area contributed by atoms with Gasteiger partial charge in [-0.15, -0.1) is 0 Å². The maximum Gasteiger partial charge on any atom is 0.238 e. The summed E-state index contributed by atoms with van der Waals surface area (Å²) in [7, 11) is -2.80. The van der Waals surface area contributed by atoms with E-state index in [9.17, 15) is 17.2 Å². The zero-order chi connectivity index (χ0) is 18.2. The molecule has 3 rings (SSSR count). The molecule has 0 radical (unpaired) electrons. The van der Waals surface area contributed by atoms with Crippen LogP contribution in [-0.2, 0) is 10.0 Å².